The van der Waals surface area contributed by atoms with Gasteiger partial charge in [0.05, 0.1) is 0 Å². The zero-order chi connectivity index (χ0) is 10.1. The highest BCUT2D eigenvalue weighted by Gasteiger charge is 2.29. The summed E-state index contributed by atoms with van der Waals surface area (Å²) in [6.07, 6.45) is 0. The normalized spacial score (nSPS) is 11.8. The van der Waals surface area contributed by atoms with Crippen molar-refractivity contribution in [3.63, 3.8) is 0 Å². The third-order valence-electron chi connectivity index (χ3n) is 1.38. The Labute approximate surface area is 76.9 Å². The zero-order valence-electron chi connectivity index (χ0n) is 6.65. The van der Waals surface area contributed by atoms with Crippen LogP contribution in [0, 0.1) is 12.7 Å². The highest BCUT2D eigenvalue weighted by molar-refractivity contribution is 8.00. The molecule has 5 heteroatoms. The van der Waals surface area contributed by atoms with Gasteiger partial charge in [-0.15, -0.1) is 0 Å². The van der Waals surface area contributed by atoms with Crippen LogP contribution in [-0.2, 0) is 0 Å². The SMILES string of the molecule is Cc1ccc(SC(F)(F)F)cc1F. The van der Waals surface area contributed by atoms with E-state index in [1.165, 1.54) is 19.1 Å². The highest BCUT2D eigenvalue weighted by Crippen LogP contribution is 2.37. The Morgan fingerprint density at radius 3 is 2.31 bits per heavy atom. The molecule has 0 aromatic heterocycles. The van der Waals surface area contributed by atoms with Gasteiger partial charge >= 0.3 is 5.51 Å². The van der Waals surface area contributed by atoms with E-state index in [9.17, 15) is 17.6 Å². The number of halogens is 4. The van der Waals surface area contributed by atoms with Crippen molar-refractivity contribution in [1.29, 1.82) is 0 Å². The molecule has 0 N–H and O–H groups in total. The van der Waals surface area contributed by atoms with E-state index in [4.69, 9.17) is 0 Å². The number of thioether (sulfide) groups is 1. The Morgan fingerprint density at radius 1 is 1.23 bits per heavy atom. The highest BCUT2D eigenvalue weighted by atomic mass is 32.2. The third-order valence-corrected chi connectivity index (χ3v) is 2.10. The molecule has 0 bridgehead atoms. The smallest absolute Gasteiger partial charge is 0.207 e. The molecule has 0 atom stereocenters. The summed E-state index contributed by atoms with van der Waals surface area (Å²) in [5.74, 6) is -0.616. The molecule has 0 fully saturated rings. The summed E-state index contributed by atoms with van der Waals surface area (Å²) >= 11 is -0.316. The molecular weight excluding hydrogens is 204 g/mol. The molecule has 1 aromatic carbocycles. The molecule has 0 nitrogen and oxygen atoms in total. The second-order valence-corrected chi connectivity index (χ2v) is 3.60. The van der Waals surface area contributed by atoms with Crippen LogP contribution in [0.25, 0.3) is 0 Å². The van der Waals surface area contributed by atoms with Crippen molar-refractivity contribution in [2.24, 2.45) is 0 Å². The maximum Gasteiger partial charge on any atom is 0.446 e. The van der Waals surface area contributed by atoms with Gasteiger partial charge in [-0.05, 0) is 36.4 Å². The summed E-state index contributed by atoms with van der Waals surface area (Å²) < 4.78 is 48.2. The van der Waals surface area contributed by atoms with E-state index in [-0.39, 0.29) is 16.7 Å². The zero-order valence-corrected chi connectivity index (χ0v) is 7.47. The summed E-state index contributed by atoms with van der Waals surface area (Å²) in [4.78, 5) is -0.129. The molecule has 0 heterocycles. The first-order chi connectivity index (χ1) is 5.88. The van der Waals surface area contributed by atoms with Gasteiger partial charge in [0.2, 0.25) is 0 Å². The molecule has 13 heavy (non-hydrogen) atoms. The Kier molecular flexibility index (Phi) is 2.85. The summed E-state index contributed by atoms with van der Waals surface area (Å²) in [5.41, 5.74) is -4.02. The molecule has 0 aliphatic carbocycles. The van der Waals surface area contributed by atoms with Gasteiger partial charge in [-0.3, -0.25) is 0 Å². The number of benzene rings is 1. The van der Waals surface area contributed by atoms with Crippen LogP contribution in [0.1, 0.15) is 5.56 Å². The molecular formula is C8H6F4S. The van der Waals surface area contributed by atoms with E-state index >= 15 is 0 Å². The molecule has 0 saturated carbocycles. The average Bonchev–Trinajstić information content (AvgIpc) is 1.94. The van der Waals surface area contributed by atoms with Crippen LogP contribution < -0.4 is 0 Å². The predicted octanol–water partition coefficient (Wildman–Crippen LogP) is 3.75. The minimum Gasteiger partial charge on any atom is -0.207 e. The van der Waals surface area contributed by atoms with Crippen LogP contribution in [0.3, 0.4) is 0 Å². The molecule has 72 valence electrons. The van der Waals surface area contributed by atoms with Crippen LogP contribution >= 0.6 is 11.8 Å². The lowest BCUT2D eigenvalue weighted by atomic mass is 10.2. The second-order valence-electron chi connectivity index (χ2n) is 2.46. The third kappa shape index (κ3) is 3.26. The number of hydrogen-bond donors (Lipinski definition) is 0. The van der Waals surface area contributed by atoms with Gasteiger partial charge in [-0.1, -0.05) is 6.07 Å². The van der Waals surface area contributed by atoms with E-state index in [0.29, 0.717) is 5.56 Å². The lowest BCUT2D eigenvalue weighted by Crippen LogP contribution is -1.99. The molecule has 1 rings (SSSR count). The first-order valence-electron chi connectivity index (χ1n) is 3.40. The summed E-state index contributed by atoms with van der Waals surface area (Å²) in [6, 6.07) is 3.45. The molecule has 0 amide bonds. The Hall–Kier alpha value is -0.710. The Balaban J connectivity index is 2.86. The van der Waals surface area contributed by atoms with Gasteiger partial charge < -0.3 is 0 Å². The molecule has 0 aliphatic heterocycles. The number of alkyl halides is 3. The van der Waals surface area contributed by atoms with E-state index in [1.807, 2.05) is 0 Å². The van der Waals surface area contributed by atoms with Crippen molar-refractivity contribution >= 4 is 11.8 Å². The maximum absolute atomic E-state index is 12.8. The first kappa shape index (κ1) is 10.4. The average molecular weight is 210 g/mol. The van der Waals surface area contributed by atoms with Crippen LogP contribution in [0.2, 0.25) is 0 Å². The lowest BCUT2D eigenvalue weighted by Gasteiger charge is -2.05. The Bertz CT molecular complexity index is 306. The fraction of sp³-hybridized carbons (Fsp3) is 0.250. The minimum atomic E-state index is -4.36. The van der Waals surface area contributed by atoms with Crippen LogP contribution in [0.15, 0.2) is 23.1 Å². The monoisotopic (exact) mass is 210 g/mol. The quantitative estimate of drug-likeness (QED) is 0.502. The molecule has 0 radical (unpaired) electrons. The molecule has 0 saturated heterocycles. The van der Waals surface area contributed by atoms with Crippen LogP contribution in [0.5, 0.6) is 0 Å². The van der Waals surface area contributed by atoms with Crippen molar-refractivity contribution in [3.8, 4) is 0 Å². The largest absolute Gasteiger partial charge is 0.446 e. The summed E-state index contributed by atoms with van der Waals surface area (Å²) in [7, 11) is 0. The van der Waals surface area contributed by atoms with Crippen molar-refractivity contribution in [3.05, 3.63) is 29.6 Å². The first-order valence-corrected chi connectivity index (χ1v) is 4.22. The summed E-state index contributed by atoms with van der Waals surface area (Å²) in [6.45, 7) is 1.50. The van der Waals surface area contributed by atoms with Gasteiger partial charge in [-0.2, -0.15) is 13.2 Å². The summed E-state index contributed by atoms with van der Waals surface area (Å²) in [5, 5.41) is 0. The van der Waals surface area contributed by atoms with E-state index in [1.54, 1.807) is 0 Å². The van der Waals surface area contributed by atoms with E-state index in [2.05, 4.69) is 0 Å². The number of hydrogen-bond acceptors (Lipinski definition) is 1. The topological polar surface area (TPSA) is 0 Å². The standard InChI is InChI=1S/C8H6F4S/c1-5-2-3-6(4-7(5)9)13-8(10,11)12/h2-4H,1H3. The fourth-order valence-corrected chi connectivity index (χ4v) is 1.34. The molecule has 1 aromatic rings. The van der Waals surface area contributed by atoms with Crippen molar-refractivity contribution in [1.82, 2.24) is 0 Å². The van der Waals surface area contributed by atoms with Gasteiger partial charge in [-0.25, -0.2) is 4.39 Å². The number of aryl methyl sites for hydroxylation is 1. The molecule has 0 spiro atoms. The van der Waals surface area contributed by atoms with Gasteiger partial charge in [0.15, 0.2) is 0 Å². The van der Waals surface area contributed by atoms with Crippen LogP contribution in [0.4, 0.5) is 17.6 Å². The van der Waals surface area contributed by atoms with Crippen molar-refractivity contribution in [2.75, 3.05) is 0 Å². The van der Waals surface area contributed by atoms with Gasteiger partial charge in [0.1, 0.15) is 5.82 Å². The Morgan fingerprint density at radius 2 is 1.85 bits per heavy atom. The van der Waals surface area contributed by atoms with Crippen molar-refractivity contribution < 1.29 is 17.6 Å². The van der Waals surface area contributed by atoms with E-state index < -0.39 is 11.3 Å². The van der Waals surface area contributed by atoms with Crippen molar-refractivity contribution in [2.45, 2.75) is 17.3 Å². The van der Waals surface area contributed by atoms with Gasteiger partial charge in [0.25, 0.3) is 0 Å². The number of rotatable bonds is 1. The maximum atomic E-state index is 12.8. The molecule has 0 aliphatic rings. The predicted molar refractivity (Wildman–Crippen MR) is 43.0 cm³/mol. The minimum absolute atomic E-state index is 0.129. The lowest BCUT2D eigenvalue weighted by molar-refractivity contribution is -0.0328. The second kappa shape index (κ2) is 3.57. The van der Waals surface area contributed by atoms with Gasteiger partial charge in [0, 0.05) is 4.90 Å². The molecule has 0 unspecified atom stereocenters. The fourth-order valence-electron chi connectivity index (χ4n) is 0.771. The van der Waals surface area contributed by atoms with E-state index in [0.717, 1.165) is 6.07 Å². The van der Waals surface area contributed by atoms with Crippen LogP contribution in [-0.4, -0.2) is 5.51 Å².